The predicted molar refractivity (Wildman–Crippen MR) is 120 cm³/mol. The number of anilines is 1. The summed E-state index contributed by atoms with van der Waals surface area (Å²) in [5.41, 5.74) is 0.430. The Bertz CT molecular complexity index is 1320. The maximum absolute atomic E-state index is 13.4. The molecule has 11 heteroatoms. The van der Waals surface area contributed by atoms with Crippen LogP contribution in [0.2, 0.25) is 0 Å². The number of ether oxygens (including phenoxy) is 1. The largest absolute Gasteiger partial charge is 0.465 e. The molecule has 3 aromatic rings. The van der Waals surface area contributed by atoms with E-state index < -0.39 is 42.1 Å². The molecule has 0 spiro atoms. The lowest BCUT2D eigenvalue weighted by atomic mass is 9.99. The van der Waals surface area contributed by atoms with Crippen LogP contribution in [0.5, 0.6) is 0 Å². The molecule has 1 fully saturated rings. The van der Waals surface area contributed by atoms with Crippen molar-refractivity contribution in [2.75, 3.05) is 18.1 Å². The van der Waals surface area contributed by atoms with Crippen LogP contribution in [0.1, 0.15) is 23.6 Å². The van der Waals surface area contributed by atoms with E-state index in [-0.39, 0.29) is 24.3 Å². The van der Waals surface area contributed by atoms with Crippen LogP contribution in [0.15, 0.2) is 42.6 Å². The number of carbonyl (C=O) groups excluding carboxylic acids is 3. The van der Waals surface area contributed by atoms with Crippen LogP contribution < -0.4 is 4.90 Å². The average molecular weight is 488 g/mol. The number of halogens is 3. The molecular formula is C24H23F3N4O4. The van der Waals surface area contributed by atoms with Crippen LogP contribution in [0.4, 0.5) is 23.7 Å². The van der Waals surface area contributed by atoms with Crippen LogP contribution in [0.3, 0.4) is 0 Å². The number of nitrogens with zero attached hydrogens (tertiary/aromatic N) is 4. The summed E-state index contributed by atoms with van der Waals surface area (Å²) in [6, 6.07) is 7.96. The van der Waals surface area contributed by atoms with E-state index in [0.29, 0.717) is 5.69 Å². The third-order valence-electron chi connectivity index (χ3n) is 6.08. The van der Waals surface area contributed by atoms with Gasteiger partial charge in [-0.1, -0.05) is 12.1 Å². The van der Waals surface area contributed by atoms with Crippen molar-refractivity contribution < 1.29 is 32.3 Å². The fourth-order valence-corrected chi connectivity index (χ4v) is 4.20. The van der Waals surface area contributed by atoms with Crippen molar-refractivity contribution in [3.63, 3.8) is 0 Å². The summed E-state index contributed by atoms with van der Waals surface area (Å²) in [7, 11) is 1.77. The van der Waals surface area contributed by atoms with Gasteiger partial charge in [-0.05, 0) is 49.2 Å². The predicted octanol–water partition coefficient (Wildman–Crippen LogP) is 4.05. The van der Waals surface area contributed by atoms with Crippen molar-refractivity contribution in [2.45, 2.75) is 26.6 Å². The first-order chi connectivity index (χ1) is 16.5. The highest BCUT2D eigenvalue weighted by Gasteiger charge is 2.44. The number of rotatable bonds is 5. The lowest BCUT2D eigenvalue weighted by Gasteiger charge is -2.38. The van der Waals surface area contributed by atoms with Crippen LogP contribution in [-0.2, 0) is 34.1 Å². The first-order valence-corrected chi connectivity index (χ1v) is 10.9. The van der Waals surface area contributed by atoms with Crippen molar-refractivity contribution in [1.29, 1.82) is 0 Å². The fraction of sp³-hybridized carbons (Fsp3) is 0.333. The van der Waals surface area contributed by atoms with Crippen molar-refractivity contribution in [2.24, 2.45) is 13.0 Å². The molecule has 2 aromatic carbocycles. The molecule has 0 N–H and O–H groups in total. The number of benzene rings is 2. The molecule has 0 radical (unpaired) electrons. The van der Waals surface area contributed by atoms with Gasteiger partial charge in [0.1, 0.15) is 0 Å². The molecule has 8 nitrogen and oxygen atoms in total. The maximum Gasteiger partial charge on any atom is 0.416 e. The van der Waals surface area contributed by atoms with E-state index >= 15 is 0 Å². The van der Waals surface area contributed by atoms with E-state index in [9.17, 15) is 27.6 Å². The number of carbonyl (C=O) groups is 3. The molecule has 184 valence electrons. The zero-order valence-electron chi connectivity index (χ0n) is 19.3. The Balaban J connectivity index is 1.74. The van der Waals surface area contributed by atoms with Crippen LogP contribution in [0.25, 0.3) is 10.9 Å². The number of alkyl halides is 3. The van der Waals surface area contributed by atoms with Gasteiger partial charge in [-0.2, -0.15) is 18.3 Å². The number of fused-ring (bicyclic) bond motifs is 1. The molecule has 0 bridgehead atoms. The molecule has 1 aliphatic rings. The van der Waals surface area contributed by atoms with E-state index in [1.165, 1.54) is 24.0 Å². The maximum atomic E-state index is 13.4. The van der Waals surface area contributed by atoms with Gasteiger partial charge in [0.25, 0.3) is 0 Å². The monoisotopic (exact) mass is 488 g/mol. The summed E-state index contributed by atoms with van der Waals surface area (Å²) >= 11 is 0. The van der Waals surface area contributed by atoms with Gasteiger partial charge in [-0.15, -0.1) is 0 Å². The molecule has 1 saturated heterocycles. The molecule has 1 unspecified atom stereocenters. The highest BCUT2D eigenvalue weighted by molar-refractivity contribution is 6.12. The summed E-state index contributed by atoms with van der Waals surface area (Å²) in [6.07, 6.45) is -2.97. The Morgan fingerprint density at radius 2 is 1.94 bits per heavy atom. The molecule has 1 atom stereocenters. The van der Waals surface area contributed by atoms with Crippen molar-refractivity contribution >= 4 is 34.5 Å². The van der Waals surface area contributed by atoms with E-state index in [4.69, 9.17) is 4.74 Å². The number of urea groups is 1. The lowest BCUT2D eigenvalue weighted by Crippen LogP contribution is -2.58. The van der Waals surface area contributed by atoms with E-state index in [1.54, 1.807) is 43.0 Å². The normalized spacial score (nSPS) is 16.8. The Morgan fingerprint density at radius 1 is 1.20 bits per heavy atom. The van der Waals surface area contributed by atoms with Crippen LogP contribution in [-0.4, -0.2) is 45.7 Å². The third kappa shape index (κ3) is 4.45. The summed E-state index contributed by atoms with van der Waals surface area (Å²) in [5.74, 6) is -2.93. The summed E-state index contributed by atoms with van der Waals surface area (Å²) in [4.78, 5) is 41.3. The minimum atomic E-state index is -4.59. The molecule has 4 rings (SSSR count). The van der Waals surface area contributed by atoms with Gasteiger partial charge in [0, 0.05) is 18.1 Å². The molecule has 3 amide bonds. The van der Waals surface area contributed by atoms with E-state index in [1.807, 2.05) is 0 Å². The minimum Gasteiger partial charge on any atom is -0.465 e. The molecule has 1 aliphatic heterocycles. The lowest BCUT2D eigenvalue weighted by molar-refractivity contribution is -0.154. The number of aromatic nitrogens is 2. The second-order valence-electron chi connectivity index (χ2n) is 8.22. The van der Waals surface area contributed by atoms with Gasteiger partial charge in [-0.3, -0.25) is 24.1 Å². The Labute approximate surface area is 198 Å². The standard InChI is InChI=1S/C24H23F3N4O4/c1-4-35-22(33)18-13-30(17-8-9-20-16(10-17)11-28-29(20)3)23(34)31(21(18)32)12-15-6-5-7-19(14(15)2)24(25,26)27/h5-11,18H,4,12-13H2,1-3H3. The molecule has 0 saturated carbocycles. The zero-order valence-corrected chi connectivity index (χ0v) is 19.3. The average Bonchev–Trinajstić information content (AvgIpc) is 3.17. The number of imide groups is 1. The molecule has 1 aromatic heterocycles. The van der Waals surface area contributed by atoms with E-state index in [0.717, 1.165) is 21.9 Å². The Hall–Kier alpha value is -3.89. The van der Waals surface area contributed by atoms with Crippen molar-refractivity contribution in [3.05, 3.63) is 59.3 Å². The van der Waals surface area contributed by atoms with Crippen molar-refractivity contribution in [1.82, 2.24) is 14.7 Å². The molecule has 35 heavy (non-hydrogen) atoms. The number of hydrogen-bond donors (Lipinski definition) is 0. The molecule has 2 heterocycles. The SMILES string of the molecule is CCOC(=O)C1CN(c2ccc3c(cnn3C)c2)C(=O)N(Cc2cccc(C(F)(F)F)c2C)C1=O. The second kappa shape index (κ2) is 9.05. The highest BCUT2D eigenvalue weighted by Crippen LogP contribution is 2.34. The van der Waals surface area contributed by atoms with Crippen LogP contribution in [0, 0.1) is 12.8 Å². The fourth-order valence-electron chi connectivity index (χ4n) is 4.20. The quantitative estimate of drug-likeness (QED) is 0.400. The first kappa shape index (κ1) is 24.2. The number of esters is 1. The third-order valence-corrected chi connectivity index (χ3v) is 6.08. The van der Waals surface area contributed by atoms with Crippen LogP contribution >= 0.6 is 0 Å². The van der Waals surface area contributed by atoms with Gasteiger partial charge < -0.3 is 4.74 Å². The summed E-state index contributed by atoms with van der Waals surface area (Å²) in [5, 5.41) is 4.91. The van der Waals surface area contributed by atoms with Gasteiger partial charge in [-0.25, -0.2) is 4.79 Å². The van der Waals surface area contributed by atoms with Gasteiger partial charge >= 0.3 is 18.2 Å². The summed E-state index contributed by atoms with van der Waals surface area (Å²) in [6.45, 7) is 2.24. The minimum absolute atomic E-state index is 0.0327. The van der Waals surface area contributed by atoms with Crippen molar-refractivity contribution in [3.8, 4) is 0 Å². The molecule has 0 aliphatic carbocycles. The number of hydrogen-bond acceptors (Lipinski definition) is 5. The highest BCUT2D eigenvalue weighted by atomic mass is 19.4. The summed E-state index contributed by atoms with van der Waals surface area (Å²) < 4.78 is 46.9. The van der Waals surface area contributed by atoms with Gasteiger partial charge in [0.2, 0.25) is 5.91 Å². The Kier molecular flexibility index (Phi) is 6.27. The number of aryl methyl sites for hydroxylation is 1. The number of amides is 3. The van der Waals surface area contributed by atoms with E-state index in [2.05, 4.69) is 5.10 Å². The van der Waals surface area contributed by atoms with Gasteiger partial charge in [0.15, 0.2) is 5.92 Å². The molecular weight excluding hydrogens is 465 g/mol. The zero-order chi connectivity index (χ0) is 25.5. The first-order valence-electron chi connectivity index (χ1n) is 10.9. The smallest absolute Gasteiger partial charge is 0.416 e. The Morgan fingerprint density at radius 3 is 2.63 bits per heavy atom. The topological polar surface area (TPSA) is 84.7 Å². The second-order valence-corrected chi connectivity index (χ2v) is 8.22. The van der Waals surface area contributed by atoms with Gasteiger partial charge in [0.05, 0.1) is 37.0 Å².